The van der Waals surface area contributed by atoms with Crippen molar-refractivity contribution in [2.24, 2.45) is 5.92 Å². The van der Waals surface area contributed by atoms with Gasteiger partial charge in [-0.2, -0.15) is 0 Å². The molecule has 2 aliphatic carbocycles. The van der Waals surface area contributed by atoms with E-state index < -0.39 is 0 Å². The Morgan fingerprint density at radius 3 is 2.70 bits per heavy atom. The van der Waals surface area contributed by atoms with Crippen molar-refractivity contribution in [3.8, 4) is 5.75 Å². The zero-order chi connectivity index (χ0) is 13.7. The van der Waals surface area contributed by atoms with Crippen molar-refractivity contribution in [3.63, 3.8) is 0 Å². The first-order valence-corrected chi connectivity index (χ1v) is 8.12. The lowest BCUT2D eigenvalue weighted by molar-refractivity contribution is 0.00274. The lowest BCUT2D eigenvalue weighted by Gasteiger charge is -2.58. The van der Waals surface area contributed by atoms with Crippen LogP contribution in [-0.2, 0) is 11.8 Å². The molecule has 1 aromatic carbocycles. The maximum absolute atomic E-state index is 5.51. The third-order valence-electron chi connectivity index (χ3n) is 6.32. The molecule has 0 spiro atoms. The van der Waals surface area contributed by atoms with Crippen molar-refractivity contribution < 1.29 is 15.7 Å². The van der Waals surface area contributed by atoms with E-state index in [-0.39, 0.29) is 27.9 Å². The van der Waals surface area contributed by atoms with Crippen LogP contribution in [0.2, 0.25) is 0 Å². The number of hydrogen-bond donors (Lipinski definition) is 0. The zero-order valence-corrected chi connectivity index (χ0v) is 15.8. The van der Waals surface area contributed by atoms with Crippen LogP contribution in [-0.4, -0.2) is 42.6 Å². The Morgan fingerprint density at radius 2 is 1.96 bits per heavy atom. The fourth-order valence-electron chi connectivity index (χ4n) is 5.30. The lowest BCUT2D eigenvalue weighted by Crippen LogP contribution is -2.59. The summed E-state index contributed by atoms with van der Waals surface area (Å²) >= 11 is 0. The van der Waals surface area contributed by atoms with Crippen molar-refractivity contribution >= 4 is 17.0 Å². The third-order valence-corrected chi connectivity index (χ3v) is 6.32. The Hall–Kier alpha value is -0.620. The summed E-state index contributed by atoms with van der Waals surface area (Å²) in [5.74, 6) is 1.91. The van der Waals surface area contributed by atoms with Gasteiger partial charge in [0, 0.05) is 11.5 Å². The van der Waals surface area contributed by atoms with Crippen molar-refractivity contribution in [1.29, 1.82) is 0 Å². The van der Waals surface area contributed by atoms with Gasteiger partial charge in [-0.3, -0.25) is 0 Å². The third kappa shape index (κ3) is 2.93. The molecule has 0 aromatic heterocycles. The fourth-order valence-corrected chi connectivity index (χ4v) is 5.30. The Balaban J connectivity index is 0.000000882. The molecule has 0 radical (unpaired) electrons. The number of methoxy groups -OCH3 is 1. The molecule has 3 aliphatic rings. The molecule has 1 saturated carbocycles. The molecule has 3 atom stereocenters. The zero-order valence-electron chi connectivity index (χ0n) is 14.1. The number of nitrogens with zero attached hydrogens (tertiary/aromatic N) is 1. The highest BCUT2D eigenvalue weighted by Gasteiger charge is 2.53. The summed E-state index contributed by atoms with van der Waals surface area (Å²) in [7, 11) is 4.12. The number of benzene rings is 1. The monoisotopic (exact) mass is 387 g/mol. The van der Waals surface area contributed by atoms with E-state index >= 15 is 0 Å². The Bertz CT molecular complexity index is 539. The molecule has 23 heavy (non-hydrogen) atoms. The summed E-state index contributed by atoms with van der Waals surface area (Å²) in [6, 6.07) is 7.60. The maximum atomic E-state index is 5.51. The summed E-state index contributed by atoms with van der Waals surface area (Å²) in [6.45, 7) is 1.26. The Kier molecular flexibility index (Phi) is 6.67. The van der Waals surface area contributed by atoms with Crippen LogP contribution in [0.4, 0.5) is 0 Å². The van der Waals surface area contributed by atoms with Gasteiger partial charge >= 0.3 is 0 Å². The number of ether oxygens (including phenoxy) is 1. The van der Waals surface area contributed by atoms with Gasteiger partial charge in [-0.15, -0.1) is 17.0 Å². The molecule has 4 nitrogen and oxygen atoms in total. The van der Waals surface area contributed by atoms with Crippen LogP contribution in [0.15, 0.2) is 18.2 Å². The van der Waals surface area contributed by atoms with Crippen LogP contribution < -0.4 is 4.74 Å². The molecule has 132 valence electrons. The molecule has 1 aliphatic heterocycles. The molecular formula is C18H30BrNO3. The first-order chi connectivity index (χ1) is 9.74. The smallest absolute Gasteiger partial charge is 0.119 e. The maximum Gasteiger partial charge on any atom is 0.119 e. The standard InChI is InChI=1S/C18H25NO.BrH.2H2O/c1-19-10-9-18-8-4-3-5-15(18)17(19)11-13-6-7-14(20-2)12-16(13)18;;;/h6-7,12,15,17H,3-5,8-11H2,1-2H3;1H;2*1H2/t15-,17+,18+;;;/m1.../s1. The highest BCUT2D eigenvalue weighted by Crippen LogP contribution is 2.55. The molecule has 4 N–H and O–H groups in total. The Morgan fingerprint density at radius 1 is 1.17 bits per heavy atom. The number of rotatable bonds is 1. The van der Waals surface area contributed by atoms with Gasteiger partial charge in [0.2, 0.25) is 0 Å². The van der Waals surface area contributed by atoms with E-state index in [9.17, 15) is 0 Å². The molecular weight excluding hydrogens is 358 g/mol. The molecule has 0 unspecified atom stereocenters. The highest BCUT2D eigenvalue weighted by atomic mass is 79.9. The molecule has 0 amide bonds. The lowest BCUT2D eigenvalue weighted by atomic mass is 9.52. The van der Waals surface area contributed by atoms with E-state index in [2.05, 4.69) is 30.1 Å². The second-order valence-corrected chi connectivity index (χ2v) is 7.03. The molecule has 1 heterocycles. The molecule has 2 fully saturated rings. The number of hydrogen-bond acceptors (Lipinski definition) is 2. The van der Waals surface area contributed by atoms with Crippen LogP contribution in [0.5, 0.6) is 5.75 Å². The fraction of sp³-hybridized carbons (Fsp3) is 0.667. The minimum absolute atomic E-state index is 0. The van der Waals surface area contributed by atoms with Crippen molar-refractivity contribution in [3.05, 3.63) is 29.3 Å². The Labute approximate surface area is 149 Å². The second kappa shape index (κ2) is 7.51. The summed E-state index contributed by atoms with van der Waals surface area (Å²) < 4.78 is 5.51. The minimum Gasteiger partial charge on any atom is -0.497 e. The molecule has 1 saturated heterocycles. The molecule has 1 aromatic rings. The molecule has 5 heteroatoms. The van der Waals surface area contributed by atoms with E-state index in [4.69, 9.17) is 4.74 Å². The van der Waals surface area contributed by atoms with Crippen LogP contribution >= 0.6 is 17.0 Å². The van der Waals surface area contributed by atoms with Crippen LogP contribution in [0, 0.1) is 5.92 Å². The summed E-state index contributed by atoms with van der Waals surface area (Å²) in [4.78, 5) is 2.63. The number of fused-ring (bicyclic) bond motifs is 1. The summed E-state index contributed by atoms with van der Waals surface area (Å²) in [5, 5.41) is 0. The average Bonchev–Trinajstić information content (AvgIpc) is 2.50. The first kappa shape index (κ1) is 20.4. The van der Waals surface area contributed by atoms with E-state index in [0.29, 0.717) is 5.41 Å². The number of halogens is 1. The number of likely N-dealkylation sites (tertiary alicyclic amines) is 1. The van der Waals surface area contributed by atoms with Crippen LogP contribution in [0.1, 0.15) is 43.2 Å². The van der Waals surface area contributed by atoms with Crippen LogP contribution in [0.3, 0.4) is 0 Å². The largest absolute Gasteiger partial charge is 0.497 e. The SMILES string of the molecule is Br.COc1ccc2c(c1)[C@]13CCCC[C@@H]1[C@H](C2)N(C)CC3.O.O. The first-order valence-electron chi connectivity index (χ1n) is 8.12. The predicted molar refractivity (Wildman–Crippen MR) is 98.9 cm³/mol. The van der Waals surface area contributed by atoms with Crippen LogP contribution in [0.25, 0.3) is 0 Å². The van der Waals surface area contributed by atoms with Crippen molar-refractivity contribution in [2.75, 3.05) is 20.7 Å². The van der Waals surface area contributed by atoms with Gasteiger partial charge in [0.1, 0.15) is 5.75 Å². The summed E-state index contributed by atoms with van der Waals surface area (Å²) in [5.41, 5.74) is 3.67. The van der Waals surface area contributed by atoms with Crippen molar-refractivity contribution in [2.45, 2.75) is 50.0 Å². The van der Waals surface area contributed by atoms with Gasteiger partial charge < -0.3 is 20.6 Å². The van der Waals surface area contributed by atoms with Gasteiger partial charge in [-0.05, 0) is 68.5 Å². The van der Waals surface area contributed by atoms with E-state index in [1.807, 2.05) is 0 Å². The van der Waals surface area contributed by atoms with Gasteiger partial charge in [0.05, 0.1) is 7.11 Å². The van der Waals surface area contributed by atoms with Gasteiger partial charge in [0.25, 0.3) is 0 Å². The normalized spacial score (nSPS) is 31.4. The topological polar surface area (TPSA) is 75.5 Å². The van der Waals surface area contributed by atoms with Gasteiger partial charge in [-0.1, -0.05) is 18.9 Å². The second-order valence-electron chi connectivity index (χ2n) is 7.03. The highest BCUT2D eigenvalue weighted by molar-refractivity contribution is 8.93. The molecule has 2 bridgehead atoms. The van der Waals surface area contributed by atoms with Gasteiger partial charge in [-0.25, -0.2) is 0 Å². The summed E-state index contributed by atoms with van der Waals surface area (Å²) in [6.07, 6.45) is 8.22. The molecule has 4 rings (SSSR count). The minimum atomic E-state index is 0. The predicted octanol–water partition coefficient (Wildman–Crippen LogP) is 2.31. The quantitative estimate of drug-likeness (QED) is 0.740. The van der Waals surface area contributed by atoms with E-state index in [1.54, 1.807) is 18.2 Å². The average molecular weight is 388 g/mol. The van der Waals surface area contributed by atoms with E-state index in [1.165, 1.54) is 45.1 Å². The number of likely N-dealkylation sites (N-methyl/N-ethyl adjacent to an activating group) is 1. The number of piperidine rings is 1. The van der Waals surface area contributed by atoms with Gasteiger partial charge in [0.15, 0.2) is 0 Å². The van der Waals surface area contributed by atoms with Crippen molar-refractivity contribution in [1.82, 2.24) is 4.90 Å². The van der Waals surface area contributed by atoms with E-state index in [0.717, 1.165) is 17.7 Å².